The minimum atomic E-state index is -0.592. The fraction of sp³-hybridized carbons (Fsp3) is 0.471. The van der Waals surface area contributed by atoms with E-state index in [1.54, 1.807) is 24.3 Å². The van der Waals surface area contributed by atoms with Gasteiger partial charge in [-0.05, 0) is 43.0 Å². The second kappa shape index (κ2) is 7.26. The number of amides is 3. The molecule has 1 aliphatic carbocycles. The van der Waals surface area contributed by atoms with Crippen molar-refractivity contribution in [3.05, 3.63) is 29.8 Å². The van der Waals surface area contributed by atoms with Crippen LogP contribution in [0.2, 0.25) is 0 Å². The van der Waals surface area contributed by atoms with Crippen molar-refractivity contribution in [1.82, 2.24) is 10.6 Å². The number of anilines is 1. The van der Waals surface area contributed by atoms with Crippen molar-refractivity contribution in [3.63, 3.8) is 0 Å². The van der Waals surface area contributed by atoms with Gasteiger partial charge in [-0.1, -0.05) is 13.8 Å². The fourth-order valence-corrected chi connectivity index (χ4v) is 2.18. The van der Waals surface area contributed by atoms with Crippen LogP contribution in [-0.2, 0) is 9.59 Å². The molecule has 1 aromatic rings. The topological polar surface area (TPSA) is 87.3 Å². The van der Waals surface area contributed by atoms with Gasteiger partial charge in [0, 0.05) is 24.2 Å². The van der Waals surface area contributed by atoms with E-state index in [0.717, 1.165) is 12.8 Å². The molecular formula is C17H23N3O3. The summed E-state index contributed by atoms with van der Waals surface area (Å²) in [4.78, 5) is 35.4. The van der Waals surface area contributed by atoms with Gasteiger partial charge >= 0.3 is 0 Å². The second-order valence-electron chi connectivity index (χ2n) is 6.24. The summed E-state index contributed by atoms with van der Waals surface area (Å²) in [6, 6.07) is 6.44. The van der Waals surface area contributed by atoms with E-state index in [1.165, 1.54) is 6.92 Å². The number of carbonyl (C=O) groups excluding carboxylic acids is 3. The lowest BCUT2D eigenvalue weighted by atomic mass is 10.0. The van der Waals surface area contributed by atoms with Gasteiger partial charge < -0.3 is 16.0 Å². The van der Waals surface area contributed by atoms with Crippen molar-refractivity contribution in [1.29, 1.82) is 0 Å². The van der Waals surface area contributed by atoms with Gasteiger partial charge in [-0.15, -0.1) is 0 Å². The number of rotatable bonds is 6. The van der Waals surface area contributed by atoms with Crippen LogP contribution < -0.4 is 16.0 Å². The van der Waals surface area contributed by atoms with E-state index in [9.17, 15) is 14.4 Å². The monoisotopic (exact) mass is 317 g/mol. The van der Waals surface area contributed by atoms with E-state index >= 15 is 0 Å². The van der Waals surface area contributed by atoms with Crippen LogP contribution in [0, 0.1) is 5.92 Å². The highest BCUT2D eigenvalue weighted by Gasteiger charge is 2.24. The van der Waals surface area contributed by atoms with Crippen molar-refractivity contribution >= 4 is 23.4 Å². The number of benzene rings is 1. The lowest BCUT2D eigenvalue weighted by molar-refractivity contribution is -0.126. The highest BCUT2D eigenvalue weighted by Crippen LogP contribution is 2.19. The van der Waals surface area contributed by atoms with Gasteiger partial charge in [0.25, 0.3) is 5.91 Å². The van der Waals surface area contributed by atoms with Crippen LogP contribution in [-0.4, -0.2) is 29.8 Å². The summed E-state index contributed by atoms with van der Waals surface area (Å²) >= 11 is 0. The third kappa shape index (κ3) is 5.09. The van der Waals surface area contributed by atoms with Crippen molar-refractivity contribution in [2.45, 2.75) is 45.7 Å². The standard InChI is InChI=1S/C17H23N3O3/c1-10(2)15(18-11(3)21)17(23)20-13-6-4-12(5-7-13)16(22)19-14-8-9-14/h4-7,10,14-15H,8-9H2,1-3H3,(H,18,21)(H,19,22)(H,20,23). The molecule has 1 aliphatic rings. The molecule has 1 saturated carbocycles. The van der Waals surface area contributed by atoms with Crippen LogP contribution in [0.4, 0.5) is 5.69 Å². The van der Waals surface area contributed by atoms with Gasteiger partial charge in [-0.25, -0.2) is 0 Å². The summed E-state index contributed by atoms with van der Waals surface area (Å²) in [6.07, 6.45) is 2.08. The van der Waals surface area contributed by atoms with Crippen molar-refractivity contribution in [3.8, 4) is 0 Å². The Morgan fingerprint density at radius 2 is 1.70 bits per heavy atom. The molecule has 6 nitrogen and oxygen atoms in total. The summed E-state index contributed by atoms with van der Waals surface area (Å²) in [5.74, 6) is -0.637. The molecule has 6 heteroatoms. The molecule has 0 aliphatic heterocycles. The Morgan fingerprint density at radius 3 is 2.17 bits per heavy atom. The SMILES string of the molecule is CC(=O)NC(C(=O)Nc1ccc(C(=O)NC2CC2)cc1)C(C)C. The first-order valence-electron chi connectivity index (χ1n) is 7.85. The molecule has 1 unspecified atom stereocenters. The van der Waals surface area contributed by atoms with Crippen LogP contribution in [0.25, 0.3) is 0 Å². The Hall–Kier alpha value is -2.37. The molecule has 0 spiro atoms. The average Bonchev–Trinajstić information content (AvgIpc) is 3.28. The van der Waals surface area contributed by atoms with Crippen molar-refractivity contribution < 1.29 is 14.4 Å². The molecule has 0 bridgehead atoms. The van der Waals surface area contributed by atoms with Gasteiger partial charge in [0.05, 0.1) is 0 Å². The Bertz CT molecular complexity index is 592. The first-order valence-corrected chi connectivity index (χ1v) is 7.85. The van der Waals surface area contributed by atoms with Crippen molar-refractivity contribution in [2.75, 3.05) is 5.32 Å². The lowest BCUT2D eigenvalue weighted by Gasteiger charge is -2.21. The van der Waals surface area contributed by atoms with Gasteiger partial charge in [-0.3, -0.25) is 14.4 Å². The number of carbonyl (C=O) groups is 3. The first-order chi connectivity index (χ1) is 10.9. The summed E-state index contributed by atoms with van der Waals surface area (Å²) in [5.41, 5.74) is 1.16. The van der Waals surface area contributed by atoms with Crippen LogP contribution in [0.3, 0.4) is 0 Å². The van der Waals surface area contributed by atoms with Gasteiger partial charge in [0.2, 0.25) is 11.8 Å². The Morgan fingerprint density at radius 1 is 1.09 bits per heavy atom. The zero-order valence-corrected chi connectivity index (χ0v) is 13.7. The second-order valence-corrected chi connectivity index (χ2v) is 6.24. The predicted octanol–water partition coefficient (Wildman–Crippen LogP) is 1.68. The molecule has 0 aromatic heterocycles. The number of hydrogen-bond donors (Lipinski definition) is 3. The summed E-state index contributed by atoms with van der Waals surface area (Å²) in [7, 11) is 0. The number of hydrogen-bond acceptors (Lipinski definition) is 3. The molecule has 1 aromatic carbocycles. The maximum Gasteiger partial charge on any atom is 0.251 e. The fourth-order valence-electron chi connectivity index (χ4n) is 2.18. The zero-order chi connectivity index (χ0) is 17.0. The van der Waals surface area contributed by atoms with E-state index in [4.69, 9.17) is 0 Å². The number of nitrogens with one attached hydrogen (secondary N) is 3. The molecule has 1 fully saturated rings. The maximum atomic E-state index is 12.3. The molecule has 3 N–H and O–H groups in total. The largest absolute Gasteiger partial charge is 0.349 e. The van der Waals surface area contributed by atoms with Crippen LogP contribution in [0.15, 0.2) is 24.3 Å². The summed E-state index contributed by atoms with van der Waals surface area (Å²) < 4.78 is 0. The molecule has 0 radical (unpaired) electrons. The molecule has 124 valence electrons. The highest BCUT2D eigenvalue weighted by molar-refractivity contribution is 5.98. The van der Waals surface area contributed by atoms with Gasteiger partial charge in [0.1, 0.15) is 6.04 Å². The van der Waals surface area contributed by atoms with E-state index in [-0.39, 0.29) is 23.6 Å². The Kier molecular flexibility index (Phi) is 5.36. The zero-order valence-electron chi connectivity index (χ0n) is 13.7. The van der Waals surface area contributed by atoms with Crippen LogP contribution >= 0.6 is 0 Å². The summed E-state index contributed by atoms with van der Waals surface area (Å²) in [6.45, 7) is 5.12. The predicted molar refractivity (Wildman–Crippen MR) is 88.0 cm³/mol. The molecule has 1 atom stereocenters. The third-order valence-corrected chi connectivity index (χ3v) is 3.64. The first kappa shape index (κ1) is 17.0. The molecule has 3 amide bonds. The smallest absolute Gasteiger partial charge is 0.251 e. The Balaban J connectivity index is 1.97. The normalized spacial score (nSPS) is 15.0. The van der Waals surface area contributed by atoms with E-state index in [2.05, 4.69) is 16.0 Å². The Labute approximate surface area is 136 Å². The lowest BCUT2D eigenvalue weighted by Crippen LogP contribution is -2.46. The van der Waals surface area contributed by atoms with E-state index < -0.39 is 6.04 Å². The molecule has 2 rings (SSSR count). The summed E-state index contributed by atoms with van der Waals surface area (Å²) in [5, 5.41) is 8.32. The van der Waals surface area contributed by atoms with Crippen molar-refractivity contribution in [2.24, 2.45) is 5.92 Å². The minimum absolute atomic E-state index is 0.0255. The molecule has 0 saturated heterocycles. The average molecular weight is 317 g/mol. The van der Waals surface area contributed by atoms with E-state index in [1.807, 2.05) is 13.8 Å². The third-order valence-electron chi connectivity index (χ3n) is 3.64. The van der Waals surface area contributed by atoms with Crippen LogP contribution in [0.5, 0.6) is 0 Å². The van der Waals surface area contributed by atoms with Gasteiger partial charge in [0.15, 0.2) is 0 Å². The highest BCUT2D eigenvalue weighted by atomic mass is 16.2. The van der Waals surface area contributed by atoms with E-state index in [0.29, 0.717) is 17.3 Å². The molecular weight excluding hydrogens is 294 g/mol. The maximum absolute atomic E-state index is 12.3. The quantitative estimate of drug-likeness (QED) is 0.746. The van der Waals surface area contributed by atoms with Crippen LogP contribution in [0.1, 0.15) is 44.0 Å². The molecule has 23 heavy (non-hydrogen) atoms. The minimum Gasteiger partial charge on any atom is -0.349 e. The molecule has 0 heterocycles. The van der Waals surface area contributed by atoms with Gasteiger partial charge in [-0.2, -0.15) is 0 Å².